The highest BCUT2D eigenvalue weighted by Crippen LogP contribution is 2.32. The van der Waals surface area contributed by atoms with Crippen molar-refractivity contribution in [3.05, 3.63) is 29.6 Å². The summed E-state index contributed by atoms with van der Waals surface area (Å²) in [5, 5.41) is 22.3. The van der Waals surface area contributed by atoms with Gasteiger partial charge in [0.15, 0.2) is 0 Å². The molecule has 1 aliphatic heterocycles. The molecule has 1 aromatic carbocycles. The van der Waals surface area contributed by atoms with Crippen LogP contribution >= 0.6 is 12.4 Å². The highest BCUT2D eigenvalue weighted by Gasteiger charge is 2.24. The average molecular weight is 305 g/mol. The van der Waals surface area contributed by atoms with Crippen molar-refractivity contribution in [2.45, 2.75) is 18.9 Å². The number of aliphatic hydroxyl groups excluding tert-OH is 1. The molecule has 0 spiro atoms. The summed E-state index contributed by atoms with van der Waals surface area (Å²) in [4.78, 5) is 2.24. The number of aromatic hydroxyl groups is 1. The number of phenolic OH excluding ortho intramolecular Hbond substituents is 1. The highest BCUT2D eigenvalue weighted by atomic mass is 35.5. The van der Waals surface area contributed by atoms with Gasteiger partial charge in [0.05, 0.1) is 0 Å². The Morgan fingerprint density at radius 3 is 2.65 bits per heavy atom. The summed E-state index contributed by atoms with van der Waals surface area (Å²) >= 11 is 0. The topological polar surface area (TPSA) is 55.7 Å². The van der Waals surface area contributed by atoms with Crippen LogP contribution in [0, 0.1) is 5.82 Å². The number of hydrogen-bond donors (Lipinski definition) is 3. The van der Waals surface area contributed by atoms with Gasteiger partial charge in [0.25, 0.3) is 0 Å². The number of piperazine rings is 1. The molecule has 0 saturated carbocycles. The van der Waals surface area contributed by atoms with Gasteiger partial charge in [-0.15, -0.1) is 12.4 Å². The molecule has 1 saturated heterocycles. The van der Waals surface area contributed by atoms with Crippen molar-refractivity contribution in [3.63, 3.8) is 0 Å². The van der Waals surface area contributed by atoms with Crippen molar-refractivity contribution in [2.24, 2.45) is 0 Å². The molecule has 0 unspecified atom stereocenters. The Morgan fingerprint density at radius 1 is 1.30 bits per heavy atom. The number of nitrogens with zero attached hydrogens (tertiary/aromatic N) is 1. The molecule has 4 nitrogen and oxygen atoms in total. The maximum atomic E-state index is 13.4. The van der Waals surface area contributed by atoms with E-state index in [1.165, 1.54) is 18.2 Å². The van der Waals surface area contributed by atoms with Gasteiger partial charge >= 0.3 is 0 Å². The molecule has 1 fully saturated rings. The predicted octanol–water partition coefficient (Wildman–Crippen LogP) is 1.67. The van der Waals surface area contributed by atoms with Crippen LogP contribution in [0.5, 0.6) is 5.75 Å². The Morgan fingerprint density at radius 2 is 2.00 bits per heavy atom. The van der Waals surface area contributed by atoms with E-state index < -0.39 is 0 Å². The zero-order valence-electron chi connectivity index (χ0n) is 11.4. The number of phenols is 1. The first kappa shape index (κ1) is 17.2. The second-order valence-electron chi connectivity index (χ2n) is 4.87. The van der Waals surface area contributed by atoms with Crippen LogP contribution in [0.3, 0.4) is 0 Å². The van der Waals surface area contributed by atoms with Crippen LogP contribution in [0.1, 0.15) is 24.4 Å². The van der Waals surface area contributed by atoms with Crippen molar-refractivity contribution in [2.75, 3.05) is 32.8 Å². The average Bonchev–Trinajstić information content (AvgIpc) is 2.44. The molecule has 1 aliphatic rings. The van der Waals surface area contributed by atoms with Crippen LogP contribution in [0.15, 0.2) is 18.2 Å². The predicted molar refractivity (Wildman–Crippen MR) is 78.8 cm³/mol. The zero-order chi connectivity index (χ0) is 13.7. The second kappa shape index (κ2) is 8.42. The van der Waals surface area contributed by atoms with Gasteiger partial charge in [-0.05, 0) is 31.0 Å². The van der Waals surface area contributed by atoms with Gasteiger partial charge in [0.1, 0.15) is 11.6 Å². The fourth-order valence-electron chi connectivity index (χ4n) is 2.61. The van der Waals surface area contributed by atoms with E-state index in [4.69, 9.17) is 5.11 Å². The van der Waals surface area contributed by atoms with Crippen LogP contribution in [0.2, 0.25) is 0 Å². The summed E-state index contributed by atoms with van der Waals surface area (Å²) in [6.45, 7) is 3.63. The molecule has 6 heteroatoms. The van der Waals surface area contributed by atoms with E-state index in [9.17, 15) is 9.50 Å². The Balaban J connectivity index is 0.00000200. The number of rotatable bonds is 5. The van der Waals surface area contributed by atoms with Crippen LogP contribution in [-0.4, -0.2) is 47.9 Å². The fourth-order valence-corrected chi connectivity index (χ4v) is 2.61. The van der Waals surface area contributed by atoms with E-state index in [0.29, 0.717) is 18.4 Å². The molecule has 2 rings (SSSR count). The summed E-state index contributed by atoms with van der Waals surface area (Å²) in [5.41, 5.74) is 0.621. The van der Waals surface area contributed by atoms with Gasteiger partial charge in [-0.25, -0.2) is 4.39 Å². The van der Waals surface area contributed by atoms with E-state index in [1.54, 1.807) is 0 Å². The lowest BCUT2D eigenvalue weighted by Gasteiger charge is -2.35. The van der Waals surface area contributed by atoms with E-state index in [-0.39, 0.29) is 36.6 Å². The van der Waals surface area contributed by atoms with Crippen molar-refractivity contribution >= 4 is 12.4 Å². The van der Waals surface area contributed by atoms with Gasteiger partial charge in [-0.3, -0.25) is 4.90 Å². The monoisotopic (exact) mass is 304 g/mol. The summed E-state index contributed by atoms with van der Waals surface area (Å²) < 4.78 is 13.4. The van der Waals surface area contributed by atoms with E-state index in [0.717, 1.165) is 26.2 Å². The van der Waals surface area contributed by atoms with Gasteiger partial charge in [0.2, 0.25) is 0 Å². The van der Waals surface area contributed by atoms with Crippen LogP contribution in [-0.2, 0) is 0 Å². The molecule has 0 aromatic heterocycles. The summed E-state index contributed by atoms with van der Waals surface area (Å²) in [7, 11) is 0. The minimum Gasteiger partial charge on any atom is -0.508 e. The Kier molecular flexibility index (Phi) is 7.23. The lowest BCUT2D eigenvalue weighted by atomic mass is 9.98. The number of hydrogen-bond acceptors (Lipinski definition) is 4. The van der Waals surface area contributed by atoms with Crippen LogP contribution < -0.4 is 5.32 Å². The van der Waals surface area contributed by atoms with Crippen LogP contribution in [0.4, 0.5) is 4.39 Å². The molecule has 3 N–H and O–H groups in total. The van der Waals surface area contributed by atoms with Crippen molar-refractivity contribution in [3.8, 4) is 5.75 Å². The number of nitrogens with one attached hydrogen (secondary N) is 1. The van der Waals surface area contributed by atoms with Crippen molar-refractivity contribution in [1.29, 1.82) is 0 Å². The fraction of sp³-hybridized carbons (Fsp3) is 0.571. The number of aliphatic hydroxyl groups is 1. The Hall–Kier alpha value is -0.880. The van der Waals surface area contributed by atoms with Gasteiger partial charge in [-0.2, -0.15) is 0 Å². The molecule has 0 amide bonds. The quantitative estimate of drug-likeness (QED) is 0.774. The molecule has 0 aliphatic carbocycles. The lowest BCUT2D eigenvalue weighted by Crippen LogP contribution is -2.45. The standard InChI is InChI=1S/C14H21FN2O2.ClH/c15-11-3-4-14(19)12(10-11)13(2-1-9-18)17-7-5-16-6-8-17;/h3-4,10,13,16,18-19H,1-2,5-9H2;1H/t13-;/m0./s1. The minimum atomic E-state index is -0.336. The highest BCUT2D eigenvalue weighted by molar-refractivity contribution is 5.85. The minimum absolute atomic E-state index is 0. The van der Waals surface area contributed by atoms with Crippen molar-refractivity contribution < 1.29 is 14.6 Å². The van der Waals surface area contributed by atoms with Gasteiger partial charge in [0, 0.05) is 44.4 Å². The zero-order valence-corrected chi connectivity index (χ0v) is 12.2. The molecule has 114 valence electrons. The molecular weight excluding hydrogens is 283 g/mol. The maximum absolute atomic E-state index is 13.4. The van der Waals surface area contributed by atoms with Crippen LogP contribution in [0.25, 0.3) is 0 Å². The Bertz CT molecular complexity index is 414. The Labute approximate surface area is 125 Å². The normalized spacial score (nSPS) is 17.5. The second-order valence-corrected chi connectivity index (χ2v) is 4.87. The molecule has 0 bridgehead atoms. The summed E-state index contributed by atoms with van der Waals surface area (Å²) in [5.74, 6) is -0.209. The number of benzene rings is 1. The third kappa shape index (κ3) is 4.31. The summed E-state index contributed by atoms with van der Waals surface area (Å²) in [6.07, 6.45) is 1.36. The SMILES string of the molecule is Cl.OCCC[C@@H](c1cc(F)ccc1O)N1CCNCC1. The molecule has 20 heavy (non-hydrogen) atoms. The first-order valence-electron chi connectivity index (χ1n) is 6.76. The van der Waals surface area contributed by atoms with E-state index >= 15 is 0 Å². The molecule has 1 heterocycles. The molecule has 1 aromatic rings. The number of halogens is 2. The third-order valence-corrected chi connectivity index (χ3v) is 3.58. The largest absolute Gasteiger partial charge is 0.508 e. The molecule has 0 radical (unpaired) electrons. The van der Waals surface area contributed by atoms with Gasteiger partial charge in [-0.1, -0.05) is 0 Å². The molecule has 1 atom stereocenters. The van der Waals surface area contributed by atoms with Gasteiger partial charge < -0.3 is 15.5 Å². The first-order valence-corrected chi connectivity index (χ1v) is 6.76. The summed E-state index contributed by atoms with van der Waals surface area (Å²) in [6, 6.07) is 4.03. The van der Waals surface area contributed by atoms with E-state index in [1.807, 2.05) is 0 Å². The first-order chi connectivity index (χ1) is 9.22. The smallest absolute Gasteiger partial charge is 0.123 e. The van der Waals surface area contributed by atoms with Crippen molar-refractivity contribution in [1.82, 2.24) is 10.2 Å². The lowest BCUT2D eigenvalue weighted by molar-refractivity contribution is 0.152. The maximum Gasteiger partial charge on any atom is 0.123 e. The van der Waals surface area contributed by atoms with E-state index in [2.05, 4.69) is 10.2 Å². The molecular formula is C14H22ClFN2O2. The third-order valence-electron chi connectivity index (χ3n) is 3.58.